The average Bonchev–Trinajstić information content (AvgIpc) is 2.19. The minimum absolute atomic E-state index is 0.0899. The van der Waals surface area contributed by atoms with Gasteiger partial charge in [0.1, 0.15) is 5.60 Å². The van der Waals surface area contributed by atoms with Crippen LogP contribution in [-0.4, -0.2) is 17.5 Å². The number of rotatable bonds is 3. The minimum Gasteiger partial charge on any atom is -0.444 e. The second kappa shape index (κ2) is 5.73. The van der Waals surface area contributed by atoms with Gasteiger partial charge in [0.15, 0.2) is 0 Å². The molecule has 0 aromatic heterocycles. The third-order valence-electron chi connectivity index (χ3n) is 2.33. The average molecular weight is 263 g/mol. The molecular formula is C14H21N3O2. The molecule has 4 N–H and O–H groups in total. The van der Waals surface area contributed by atoms with E-state index in [1.807, 2.05) is 39.8 Å². The van der Waals surface area contributed by atoms with Crippen LogP contribution in [0.2, 0.25) is 0 Å². The first-order chi connectivity index (χ1) is 8.67. The number of nitrogens with one attached hydrogen (secondary N) is 2. The number of carbonyl (C=O) groups excluding carboxylic acids is 1. The van der Waals surface area contributed by atoms with Crippen LogP contribution in [0.25, 0.3) is 0 Å². The number of amides is 1. The van der Waals surface area contributed by atoms with E-state index >= 15 is 0 Å². The summed E-state index contributed by atoms with van der Waals surface area (Å²) in [5, 5.41) is 9.99. The monoisotopic (exact) mass is 263 g/mol. The van der Waals surface area contributed by atoms with Crippen LogP contribution in [0, 0.1) is 12.3 Å². The zero-order valence-electron chi connectivity index (χ0n) is 11.8. The van der Waals surface area contributed by atoms with E-state index in [2.05, 4.69) is 5.32 Å². The van der Waals surface area contributed by atoms with Gasteiger partial charge in [-0.2, -0.15) is 0 Å². The van der Waals surface area contributed by atoms with Gasteiger partial charge in [-0.3, -0.25) is 10.7 Å². The Morgan fingerprint density at radius 2 is 2.05 bits per heavy atom. The second-order valence-corrected chi connectivity index (χ2v) is 5.48. The highest BCUT2D eigenvalue weighted by molar-refractivity contribution is 5.86. The molecule has 1 aromatic rings. The lowest BCUT2D eigenvalue weighted by Crippen LogP contribution is -2.27. The number of aryl methyl sites for hydroxylation is 1. The van der Waals surface area contributed by atoms with Crippen LogP contribution in [0.3, 0.4) is 0 Å². The summed E-state index contributed by atoms with van der Waals surface area (Å²) < 4.78 is 5.20. The normalized spacial score (nSPS) is 10.9. The summed E-state index contributed by atoms with van der Waals surface area (Å²) in [5.41, 5.74) is 7.32. The van der Waals surface area contributed by atoms with Gasteiger partial charge >= 0.3 is 6.09 Å². The van der Waals surface area contributed by atoms with Gasteiger partial charge in [0.2, 0.25) is 0 Å². The Labute approximate surface area is 113 Å². The summed E-state index contributed by atoms with van der Waals surface area (Å²) in [5.74, 6) is 0.0899. The molecule has 0 saturated carbocycles. The Kier molecular flexibility index (Phi) is 4.53. The van der Waals surface area contributed by atoms with E-state index in [9.17, 15) is 4.79 Å². The standard InChI is InChI=1S/C14H21N3O2/c1-9-5-6-10(8-12(15)16)7-11(9)17-13(18)19-14(2,3)4/h5-7H,8H2,1-4H3,(H3,15,16)(H,17,18). The number of amidine groups is 1. The van der Waals surface area contributed by atoms with Gasteiger partial charge < -0.3 is 10.5 Å². The van der Waals surface area contributed by atoms with E-state index in [1.165, 1.54) is 0 Å². The highest BCUT2D eigenvalue weighted by Crippen LogP contribution is 2.18. The second-order valence-electron chi connectivity index (χ2n) is 5.48. The third-order valence-corrected chi connectivity index (χ3v) is 2.33. The number of hydrogen-bond donors (Lipinski definition) is 3. The first-order valence-corrected chi connectivity index (χ1v) is 6.10. The van der Waals surface area contributed by atoms with Gasteiger partial charge in [-0.15, -0.1) is 0 Å². The topological polar surface area (TPSA) is 88.2 Å². The van der Waals surface area contributed by atoms with Crippen molar-refractivity contribution in [2.75, 3.05) is 5.32 Å². The van der Waals surface area contributed by atoms with Crippen molar-refractivity contribution in [3.05, 3.63) is 29.3 Å². The summed E-state index contributed by atoms with van der Waals surface area (Å²) in [7, 11) is 0. The number of benzene rings is 1. The van der Waals surface area contributed by atoms with E-state index < -0.39 is 11.7 Å². The molecular weight excluding hydrogens is 242 g/mol. The molecule has 104 valence electrons. The van der Waals surface area contributed by atoms with Gasteiger partial charge in [-0.25, -0.2) is 4.79 Å². The Balaban J connectivity index is 2.82. The van der Waals surface area contributed by atoms with Gasteiger partial charge in [-0.1, -0.05) is 12.1 Å². The molecule has 0 aliphatic rings. The predicted molar refractivity (Wildman–Crippen MR) is 76.7 cm³/mol. The Morgan fingerprint density at radius 1 is 1.42 bits per heavy atom. The molecule has 19 heavy (non-hydrogen) atoms. The van der Waals surface area contributed by atoms with Crippen molar-refractivity contribution >= 4 is 17.6 Å². The fourth-order valence-corrected chi connectivity index (χ4v) is 1.55. The highest BCUT2D eigenvalue weighted by atomic mass is 16.6. The first-order valence-electron chi connectivity index (χ1n) is 6.10. The molecule has 0 aliphatic carbocycles. The maximum absolute atomic E-state index is 11.7. The number of ether oxygens (including phenoxy) is 1. The lowest BCUT2D eigenvalue weighted by Gasteiger charge is -2.20. The molecule has 5 heteroatoms. The van der Waals surface area contributed by atoms with Crippen LogP contribution in [-0.2, 0) is 11.2 Å². The quantitative estimate of drug-likeness (QED) is 0.578. The third kappa shape index (κ3) is 5.42. The van der Waals surface area contributed by atoms with Crippen molar-refractivity contribution in [1.29, 1.82) is 5.41 Å². The van der Waals surface area contributed by atoms with Crippen molar-refractivity contribution in [1.82, 2.24) is 0 Å². The molecule has 0 saturated heterocycles. The van der Waals surface area contributed by atoms with E-state index in [0.717, 1.165) is 11.1 Å². The largest absolute Gasteiger partial charge is 0.444 e. The van der Waals surface area contributed by atoms with Crippen LogP contribution in [0.5, 0.6) is 0 Å². The molecule has 0 spiro atoms. The van der Waals surface area contributed by atoms with Gasteiger partial charge in [0, 0.05) is 12.1 Å². The molecule has 0 radical (unpaired) electrons. The molecule has 0 unspecified atom stereocenters. The van der Waals surface area contributed by atoms with Gasteiger partial charge in [-0.05, 0) is 44.9 Å². The lowest BCUT2D eigenvalue weighted by atomic mass is 10.1. The molecule has 0 atom stereocenters. The van der Waals surface area contributed by atoms with Crippen molar-refractivity contribution in [2.24, 2.45) is 5.73 Å². The van der Waals surface area contributed by atoms with E-state index in [0.29, 0.717) is 12.1 Å². The van der Waals surface area contributed by atoms with E-state index in [1.54, 1.807) is 6.07 Å². The van der Waals surface area contributed by atoms with Crippen LogP contribution in [0.15, 0.2) is 18.2 Å². The molecule has 0 heterocycles. The smallest absolute Gasteiger partial charge is 0.412 e. The number of carbonyl (C=O) groups is 1. The van der Waals surface area contributed by atoms with Crippen molar-refractivity contribution in [3.8, 4) is 0 Å². The molecule has 1 amide bonds. The summed E-state index contributed by atoms with van der Waals surface area (Å²) in [6, 6.07) is 5.57. The molecule has 1 aromatic carbocycles. The molecule has 0 bridgehead atoms. The van der Waals surface area contributed by atoms with Crippen molar-refractivity contribution in [2.45, 2.75) is 39.7 Å². The first kappa shape index (κ1) is 15.0. The van der Waals surface area contributed by atoms with Crippen LogP contribution < -0.4 is 11.1 Å². The maximum Gasteiger partial charge on any atom is 0.412 e. The minimum atomic E-state index is -0.533. The number of hydrogen-bond acceptors (Lipinski definition) is 3. The summed E-state index contributed by atoms with van der Waals surface area (Å²) in [6.07, 6.45) is -0.126. The fourth-order valence-electron chi connectivity index (χ4n) is 1.55. The highest BCUT2D eigenvalue weighted by Gasteiger charge is 2.16. The number of nitrogens with two attached hydrogens (primary N) is 1. The Bertz CT molecular complexity index is 490. The predicted octanol–water partition coefficient (Wildman–Crippen LogP) is 2.82. The molecule has 1 rings (SSSR count). The van der Waals surface area contributed by atoms with E-state index in [4.69, 9.17) is 15.9 Å². The van der Waals surface area contributed by atoms with Gasteiger partial charge in [0.05, 0.1) is 5.84 Å². The summed E-state index contributed by atoms with van der Waals surface area (Å²) >= 11 is 0. The lowest BCUT2D eigenvalue weighted by molar-refractivity contribution is 0.0636. The fraction of sp³-hybridized carbons (Fsp3) is 0.429. The van der Waals surface area contributed by atoms with Crippen LogP contribution >= 0.6 is 0 Å². The molecule has 5 nitrogen and oxygen atoms in total. The molecule has 0 aliphatic heterocycles. The SMILES string of the molecule is Cc1ccc(CC(=N)N)cc1NC(=O)OC(C)(C)C. The summed E-state index contributed by atoms with van der Waals surface area (Å²) in [6.45, 7) is 7.33. The summed E-state index contributed by atoms with van der Waals surface area (Å²) in [4.78, 5) is 11.7. The van der Waals surface area contributed by atoms with E-state index in [-0.39, 0.29) is 5.84 Å². The van der Waals surface area contributed by atoms with Crippen molar-refractivity contribution < 1.29 is 9.53 Å². The maximum atomic E-state index is 11.7. The van der Waals surface area contributed by atoms with Gasteiger partial charge in [0.25, 0.3) is 0 Å². The zero-order valence-corrected chi connectivity index (χ0v) is 11.8. The molecule has 0 fully saturated rings. The number of anilines is 1. The Morgan fingerprint density at radius 3 is 2.58 bits per heavy atom. The Hall–Kier alpha value is -2.04. The van der Waals surface area contributed by atoms with Crippen LogP contribution in [0.1, 0.15) is 31.9 Å². The van der Waals surface area contributed by atoms with Crippen molar-refractivity contribution in [3.63, 3.8) is 0 Å². The van der Waals surface area contributed by atoms with Crippen LogP contribution in [0.4, 0.5) is 10.5 Å². The zero-order chi connectivity index (χ0) is 14.6.